The molecule has 152 valence electrons. The molecule has 13 heteroatoms. The van der Waals surface area contributed by atoms with Crippen LogP contribution in [-0.2, 0) is 28.8 Å². The molecule has 0 radical (unpaired) electrons. The van der Waals surface area contributed by atoms with E-state index in [9.17, 15) is 28.8 Å². The van der Waals surface area contributed by atoms with Crippen molar-refractivity contribution in [3.63, 3.8) is 0 Å². The summed E-state index contributed by atoms with van der Waals surface area (Å²) in [6.45, 7) is 0.647. The van der Waals surface area contributed by atoms with Crippen LogP contribution in [0, 0.1) is 0 Å². The number of nitrogens with one attached hydrogen (secondary N) is 3. The van der Waals surface area contributed by atoms with E-state index in [4.69, 9.17) is 22.3 Å². The highest BCUT2D eigenvalue weighted by Gasteiger charge is 2.25. The smallest absolute Gasteiger partial charge is 0.325 e. The number of nitrogens with two attached hydrogens (primary N) is 3. The molecule has 27 heavy (non-hydrogen) atoms. The lowest BCUT2D eigenvalue weighted by molar-refractivity contribution is -0.141. The van der Waals surface area contributed by atoms with Crippen molar-refractivity contribution in [1.29, 1.82) is 0 Å². The quantitative estimate of drug-likeness (QED) is 0.172. The molecule has 10 N–H and O–H groups in total. The van der Waals surface area contributed by atoms with Gasteiger partial charge in [0.05, 0.1) is 19.0 Å². The van der Waals surface area contributed by atoms with E-state index in [-0.39, 0.29) is 12.8 Å². The summed E-state index contributed by atoms with van der Waals surface area (Å²) >= 11 is 0. The third-order valence-electron chi connectivity index (χ3n) is 3.24. The maximum absolute atomic E-state index is 12.1. The first-order chi connectivity index (χ1) is 12.4. The van der Waals surface area contributed by atoms with E-state index in [0.717, 1.165) is 0 Å². The SMILES string of the molecule is CC(NC(=O)C(CCC(N)=O)NC(=O)CNC(=O)C(N)CC(N)=O)C(=O)O. The van der Waals surface area contributed by atoms with Gasteiger partial charge in [-0.3, -0.25) is 28.8 Å². The molecule has 3 atom stereocenters. The normalized spacial score (nSPS) is 13.6. The van der Waals surface area contributed by atoms with Crippen LogP contribution < -0.4 is 33.2 Å². The molecule has 0 heterocycles. The Labute approximate surface area is 154 Å². The van der Waals surface area contributed by atoms with Crippen molar-refractivity contribution in [2.45, 2.75) is 44.3 Å². The zero-order chi connectivity index (χ0) is 21.1. The number of rotatable bonds is 12. The van der Waals surface area contributed by atoms with E-state index in [0.29, 0.717) is 0 Å². The first kappa shape index (κ1) is 23.8. The molecule has 0 saturated carbocycles. The molecule has 0 aliphatic carbocycles. The van der Waals surface area contributed by atoms with Gasteiger partial charge >= 0.3 is 5.97 Å². The molecule has 0 spiro atoms. The molecule has 0 aromatic rings. The van der Waals surface area contributed by atoms with Gasteiger partial charge in [-0.25, -0.2) is 0 Å². The zero-order valence-corrected chi connectivity index (χ0v) is 14.7. The second-order valence-corrected chi connectivity index (χ2v) is 5.69. The summed E-state index contributed by atoms with van der Waals surface area (Å²) in [6.07, 6.45) is -0.825. The molecule has 0 fully saturated rings. The third kappa shape index (κ3) is 10.4. The van der Waals surface area contributed by atoms with E-state index in [2.05, 4.69) is 16.0 Å². The van der Waals surface area contributed by atoms with Crippen molar-refractivity contribution in [3.05, 3.63) is 0 Å². The minimum absolute atomic E-state index is 0.172. The van der Waals surface area contributed by atoms with Gasteiger partial charge in [0.2, 0.25) is 29.5 Å². The van der Waals surface area contributed by atoms with Crippen LogP contribution in [-0.4, -0.2) is 65.3 Å². The molecule has 5 amide bonds. The lowest BCUT2D eigenvalue weighted by Crippen LogP contribution is -2.53. The highest BCUT2D eigenvalue weighted by atomic mass is 16.4. The summed E-state index contributed by atoms with van der Waals surface area (Å²) in [5, 5.41) is 15.4. The average molecular weight is 388 g/mol. The van der Waals surface area contributed by atoms with Crippen molar-refractivity contribution in [2.24, 2.45) is 17.2 Å². The number of aliphatic carboxylic acids is 1. The standard InChI is InChI=1S/C14H24N6O7/c1-6(14(26)27)19-13(25)8(2-3-9(16)21)20-11(23)5-18-12(24)7(15)4-10(17)22/h6-8H,2-5,15H2,1H3,(H2,16,21)(H2,17,22)(H,18,24)(H,19,25)(H,20,23)(H,26,27). The summed E-state index contributed by atoms with van der Waals surface area (Å²) in [7, 11) is 0. The zero-order valence-electron chi connectivity index (χ0n) is 14.7. The lowest BCUT2D eigenvalue weighted by Gasteiger charge is -2.20. The fourth-order valence-corrected chi connectivity index (χ4v) is 1.78. The van der Waals surface area contributed by atoms with E-state index in [1.165, 1.54) is 6.92 Å². The van der Waals surface area contributed by atoms with Crippen molar-refractivity contribution in [2.75, 3.05) is 6.54 Å². The predicted octanol–water partition coefficient (Wildman–Crippen LogP) is -4.36. The first-order valence-corrected chi connectivity index (χ1v) is 7.86. The second-order valence-electron chi connectivity index (χ2n) is 5.69. The van der Waals surface area contributed by atoms with Gasteiger partial charge in [0.1, 0.15) is 12.1 Å². The van der Waals surface area contributed by atoms with Gasteiger partial charge < -0.3 is 38.3 Å². The van der Waals surface area contributed by atoms with Gasteiger partial charge in [0, 0.05) is 6.42 Å². The molecule has 0 bridgehead atoms. The number of hydrogen-bond acceptors (Lipinski definition) is 7. The topological polar surface area (TPSA) is 237 Å². The molecular formula is C14H24N6O7. The van der Waals surface area contributed by atoms with Crippen LogP contribution in [0.1, 0.15) is 26.2 Å². The van der Waals surface area contributed by atoms with E-state index >= 15 is 0 Å². The Balaban J connectivity index is 4.75. The second kappa shape index (κ2) is 11.4. The first-order valence-electron chi connectivity index (χ1n) is 7.86. The Bertz CT molecular complexity index is 609. The van der Waals surface area contributed by atoms with Gasteiger partial charge in [0.15, 0.2) is 0 Å². The van der Waals surface area contributed by atoms with Crippen molar-refractivity contribution >= 4 is 35.5 Å². The highest BCUT2D eigenvalue weighted by molar-refractivity contribution is 5.93. The summed E-state index contributed by atoms with van der Waals surface area (Å²) < 4.78 is 0. The van der Waals surface area contributed by atoms with Crippen LogP contribution in [0.5, 0.6) is 0 Å². The molecule has 0 aromatic heterocycles. The van der Waals surface area contributed by atoms with Crippen LogP contribution >= 0.6 is 0 Å². The van der Waals surface area contributed by atoms with Crippen LogP contribution in [0.15, 0.2) is 0 Å². The Hall–Kier alpha value is -3.22. The van der Waals surface area contributed by atoms with Crippen LogP contribution in [0.4, 0.5) is 0 Å². The monoisotopic (exact) mass is 388 g/mol. The fraction of sp³-hybridized carbons (Fsp3) is 0.571. The Morgan fingerprint density at radius 3 is 2.04 bits per heavy atom. The van der Waals surface area contributed by atoms with Crippen LogP contribution in [0.3, 0.4) is 0 Å². The summed E-state index contributed by atoms with van der Waals surface area (Å²) in [4.78, 5) is 68.0. The fourth-order valence-electron chi connectivity index (χ4n) is 1.78. The molecule has 0 aliphatic heterocycles. The van der Waals surface area contributed by atoms with Gasteiger partial charge in [-0.1, -0.05) is 0 Å². The molecule has 0 rings (SSSR count). The van der Waals surface area contributed by atoms with Crippen molar-refractivity contribution in [3.8, 4) is 0 Å². The molecular weight excluding hydrogens is 364 g/mol. The largest absolute Gasteiger partial charge is 0.480 e. The molecule has 0 aliphatic rings. The number of amides is 5. The molecule has 0 saturated heterocycles. The number of primary amides is 2. The maximum Gasteiger partial charge on any atom is 0.325 e. The minimum Gasteiger partial charge on any atom is -0.480 e. The number of carboxylic acid groups (broad SMARTS) is 1. The van der Waals surface area contributed by atoms with E-state index < -0.39 is 66.6 Å². The van der Waals surface area contributed by atoms with Gasteiger partial charge in [-0.2, -0.15) is 0 Å². The highest BCUT2D eigenvalue weighted by Crippen LogP contribution is 1.99. The third-order valence-corrected chi connectivity index (χ3v) is 3.24. The summed E-state index contributed by atoms with van der Waals surface area (Å²) in [5.74, 6) is -5.25. The molecule has 13 nitrogen and oxygen atoms in total. The van der Waals surface area contributed by atoms with Crippen molar-refractivity contribution in [1.82, 2.24) is 16.0 Å². The van der Waals surface area contributed by atoms with E-state index in [1.807, 2.05) is 0 Å². The predicted molar refractivity (Wildman–Crippen MR) is 90.4 cm³/mol. The number of carboxylic acids is 1. The summed E-state index contributed by atoms with van der Waals surface area (Å²) in [6, 6.07) is -3.71. The lowest BCUT2D eigenvalue weighted by atomic mass is 10.1. The van der Waals surface area contributed by atoms with E-state index in [1.54, 1.807) is 0 Å². The Morgan fingerprint density at radius 2 is 1.56 bits per heavy atom. The Morgan fingerprint density at radius 1 is 0.963 bits per heavy atom. The number of carbonyl (C=O) groups excluding carboxylic acids is 5. The number of carbonyl (C=O) groups is 6. The van der Waals surface area contributed by atoms with Gasteiger partial charge in [0.25, 0.3) is 0 Å². The van der Waals surface area contributed by atoms with Gasteiger partial charge in [-0.15, -0.1) is 0 Å². The van der Waals surface area contributed by atoms with Gasteiger partial charge in [-0.05, 0) is 13.3 Å². The van der Waals surface area contributed by atoms with Crippen LogP contribution in [0.25, 0.3) is 0 Å². The number of hydrogen-bond donors (Lipinski definition) is 7. The maximum atomic E-state index is 12.1. The molecule has 0 aromatic carbocycles. The summed E-state index contributed by atoms with van der Waals surface area (Å²) in [5.41, 5.74) is 15.3. The molecule has 3 unspecified atom stereocenters. The van der Waals surface area contributed by atoms with Crippen molar-refractivity contribution < 1.29 is 33.9 Å². The average Bonchev–Trinajstić information content (AvgIpc) is 2.55. The Kier molecular flexibility index (Phi) is 10.0. The van der Waals surface area contributed by atoms with Crippen LogP contribution in [0.2, 0.25) is 0 Å². The minimum atomic E-state index is -1.29.